The summed E-state index contributed by atoms with van der Waals surface area (Å²) in [7, 11) is -9.90. The molecule has 0 heterocycles. The molecule has 0 aromatic heterocycles. The molecule has 0 spiro atoms. The van der Waals surface area contributed by atoms with E-state index in [1.807, 2.05) is 0 Å². The molecular formula is C70H136O17P2. The van der Waals surface area contributed by atoms with E-state index in [0.29, 0.717) is 31.6 Å². The number of ether oxygens (including phenoxy) is 4. The summed E-state index contributed by atoms with van der Waals surface area (Å²) < 4.78 is 68.3. The van der Waals surface area contributed by atoms with Gasteiger partial charge in [0.15, 0.2) is 12.2 Å². The third kappa shape index (κ3) is 62.0. The Balaban J connectivity index is 5.26. The summed E-state index contributed by atoms with van der Waals surface area (Å²) in [5.74, 6) is 0.881. The summed E-state index contributed by atoms with van der Waals surface area (Å²) in [5, 5.41) is 10.6. The molecule has 0 aromatic rings. The molecule has 0 fully saturated rings. The molecule has 0 amide bonds. The van der Waals surface area contributed by atoms with Gasteiger partial charge in [-0.1, -0.05) is 293 Å². The second-order valence-corrected chi connectivity index (χ2v) is 29.6. The number of phosphoric acid groups is 2. The minimum Gasteiger partial charge on any atom is -0.462 e. The normalized spacial score (nSPS) is 14.9. The monoisotopic (exact) mass is 1310 g/mol. The Morgan fingerprint density at radius 3 is 0.798 bits per heavy atom. The van der Waals surface area contributed by atoms with Crippen LogP contribution in [0.4, 0.5) is 0 Å². The molecule has 0 aliphatic carbocycles. The third-order valence-corrected chi connectivity index (χ3v) is 18.7. The molecule has 0 radical (unpaired) electrons. The van der Waals surface area contributed by atoms with Crippen molar-refractivity contribution in [3.63, 3.8) is 0 Å². The van der Waals surface area contributed by atoms with E-state index in [9.17, 15) is 43.2 Å². The van der Waals surface area contributed by atoms with Crippen LogP contribution in [0.1, 0.15) is 344 Å². The number of aliphatic hydroxyl groups excluding tert-OH is 1. The average Bonchev–Trinajstić information content (AvgIpc) is 3.51. The first kappa shape index (κ1) is 87.1. The standard InChI is InChI=1S/C70H136O17P2/c1-9-62(7)48-40-32-24-18-15-16-19-25-34-42-50-67(72)80-56-65(86-69(74)52-44-36-26-20-14-12-11-13-17-22-30-38-46-60(3)4)58-84-88(76,77)82-54-64(71)55-83-89(78,79)85-59-66(87-70(75)53-45-37-27-21-23-31-39-47-61(5)6)57-81-68(73)51-43-35-29-28-33-41-49-63(8)10-2/h60-66,71H,9-59H2,1-8H3,(H,76,77)(H,78,79)/t62?,63?,64-,65-,66-/m1/s1. The van der Waals surface area contributed by atoms with Gasteiger partial charge in [0.05, 0.1) is 26.4 Å². The van der Waals surface area contributed by atoms with Crippen LogP contribution < -0.4 is 0 Å². The Hall–Kier alpha value is -1.94. The van der Waals surface area contributed by atoms with Gasteiger partial charge in [0.25, 0.3) is 0 Å². The summed E-state index contributed by atoms with van der Waals surface area (Å²) in [6.45, 7) is 14.1. The maximum Gasteiger partial charge on any atom is 0.472 e. The second-order valence-electron chi connectivity index (χ2n) is 26.7. The highest BCUT2D eigenvalue weighted by atomic mass is 31.2. The summed E-state index contributed by atoms with van der Waals surface area (Å²) in [6.07, 6.45) is 41.7. The van der Waals surface area contributed by atoms with Crippen LogP contribution >= 0.6 is 15.6 Å². The fourth-order valence-electron chi connectivity index (χ4n) is 10.4. The largest absolute Gasteiger partial charge is 0.472 e. The van der Waals surface area contributed by atoms with Gasteiger partial charge in [0.2, 0.25) is 0 Å². The predicted molar refractivity (Wildman–Crippen MR) is 358 cm³/mol. The van der Waals surface area contributed by atoms with Crippen molar-refractivity contribution in [3.05, 3.63) is 0 Å². The van der Waals surface area contributed by atoms with Gasteiger partial charge in [0.1, 0.15) is 19.3 Å². The zero-order valence-electron chi connectivity index (χ0n) is 58.1. The van der Waals surface area contributed by atoms with E-state index in [2.05, 4.69) is 55.4 Å². The maximum absolute atomic E-state index is 13.0. The summed E-state index contributed by atoms with van der Waals surface area (Å²) in [6, 6.07) is 0. The lowest BCUT2D eigenvalue weighted by Crippen LogP contribution is -2.30. The van der Waals surface area contributed by atoms with Crippen LogP contribution in [-0.4, -0.2) is 96.7 Å². The van der Waals surface area contributed by atoms with Gasteiger partial charge in [-0.15, -0.1) is 0 Å². The Kier molecular flexibility index (Phi) is 58.5. The van der Waals surface area contributed by atoms with Gasteiger partial charge in [-0.3, -0.25) is 37.3 Å². The summed E-state index contributed by atoms with van der Waals surface area (Å²) in [4.78, 5) is 72.5. The topological polar surface area (TPSA) is 237 Å². The number of esters is 4. The van der Waals surface area contributed by atoms with Crippen molar-refractivity contribution in [1.29, 1.82) is 0 Å². The highest BCUT2D eigenvalue weighted by molar-refractivity contribution is 7.47. The lowest BCUT2D eigenvalue weighted by atomic mass is 9.99. The van der Waals surface area contributed by atoms with E-state index in [-0.39, 0.29) is 25.7 Å². The van der Waals surface area contributed by atoms with E-state index in [1.165, 1.54) is 141 Å². The molecule has 0 bridgehead atoms. The van der Waals surface area contributed by atoms with E-state index in [4.69, 9.17) is 37.0 Å². The van der Waals surface area contributed by atoms with Gasteiger partial charge in [0, 0.05) is 25.7 Å². The van der Waals surface area contributed by atoms with Crippen LogP contribution in [0.3, 0.4) is 0 Å². The number of aliphatic hydroxyl groups is 1. The number of hydrogen-bond acceptors (Lipinski definition) is 15. The summed E-state index contributed by atoms with van der Waals surface area (Å²) in [5.41, 5.74) is 0. The zero-order valence-corrected chi connectivity index (χ0v) is 59.8. The Labute approximate surface area is 543 Å². The van der Waals surface area contributed by atoms with Gasteiger partial charge < -0.3 is 33.8 Å². The van der Waals surface area contributed by atoms with Crippen molar-refractivity contribution in [2.24, 2.45) is 23.7 Å². The van der Waals surface area contributed by atoms with Crippen LogP contribution in [0, 0.1) is 23.7 Å². The first-order valence-electron chi connectivity index (χ1n) is 36.3. The van der Waals surface area contributed by atoms with Crippen molar-refractivity contribution in [2.75, 3.05) is 39.6 Å². The highest BCUT2D eigenvalue weighted by Crippen LogP contribution is 2.45. The average molecular weight is 1310 g/mol. The first-order chi connectivity index (χ1) is 42.7. The molecule has 3 N–H and O–H groups in total. The minimum atomic E-state index is -4.95. The van der Waals surface area contributed by atoms with Gasteiger partial charge in [-0.2, -0.15) is 0 Å². The predicted octanol–water partition coefficient (Wildman–Crippen LogP) is 19.7. The third-order valence-electron chi connectivity index (χ3n) is 16.8. The lowest BCUT2D eigenvalue weighted by Gasteiger charge is -2.21. The quantitative estimate of drug-likeness (QED) is 0.0222. The molecule has 0 aromatic carbocycles. The molecule has 89 heavy (non-hydrogen) atoms. The fourth-order valence-corrected chi connectivity index (χ4v) is 12.0. The highest BCUT2D eigenvalue weighted by Gasteiger charge is 2.30. The van der Waals surface area contributed by atoms with Crippen LogP contribution in [0.15, 0.2) is 0 Å². The van der Waals surface area contributed by atoms with Crippen LogP contribution in [-0.2, 0) is 65.4 Å². The van der Waals surface area contributed by atoms with Gasteiger partial charge in [-0.05, 0) is 49.4 Å². The van der Waals surface area contributed by atoms with Crippen LogP contribution in [0.25, 0.3) is 0 Å². The molecule has 0 aliphatic rings. The van der Waals surface area contributed by atoms with Crippen LogP contribution in [0.5, 0.6) is 0 Å². The van der Waals surface area contributed by atoms with Crippen molar-refractivity contribution in [2.45, 2.75) is 363 Å². The molecule has 19 heteroatoms. The van der Waals surface area contributed by atoms with Crippen molar-refractivity contribution < 1.29 is 80.2 Å². The minimum absolute atomic E-state index is 0.102. The Morgan fingerprint density at radius 2 is 0.539 bits per heavy atom. The molecule has 0 aliphatic heterocycles. The van der Waals surface area contributed by atoms with Gasteiger partial charge >= 0.3 is 39.5 Å². The van der Waals surface area contributed by atoms with Crippen molar-refractivity contribution in [3.8, 4) is 0 Å². The fraction of sp³-hybridized carbons (Fsp3) is 0.943. The Morgan fingerprint density at radius 1 is 0.315 bits per heavy atom. The van der Waals surface area contributed by atoms with E-state index in [0.717, 1.165) is 114 Å². The summed E-state index contributed by atoms with van der Waals surface area (Å²) >= 11 is 0. The number of phosphoric ester groups is 2. The zero-order chi connectivity index (χ0) is 66.1. The lowest BCUT2D eigenvalue weighted by molar-refractivity contribution is -0.161. The molecule has 0 saturated carbocycles. The van der Waals surface area contributed by atoms with E-state index in [1.54, 1.807) is 0 Å². The van der Waals surface area contributed by atoms with Gasteiger partial charge in [-0.25, -0.2) is 9.13 Å². The molecule has 0 rings (SSSR count). The van der Waals surface area contributed by atoms with Crippen molar-refractivity contribution in [1.82, 2.24) is 0 Å². The SMILES string of the molecule is CCC(C)CCCCCCCCCCCCC(=O)OC[C@H](COP(=O)(O)OC[C@@H](O)COP(=O)(O)OC[C@@H](COC(=O)CCCCCCCCC(C)CC)OC(=O)CCCCCCCCCC(C)C)OC(=O)CCCCCCCCCCCCCCC(C)C. The number of unbranched alkanes of at least 4 members (excludes halogenated alkanes) is 31. The molecular weight excluding hydrogens is 1170 g/mol. The molecule has 528 valence electrons. The molecule has 17 nitrogen and oxygen atoms in total. The number of rotatable bonds is 67. The maximum atomic E-state index is 13.0. The molecule has 4 unspecified atom stereocenters. The molecule has 7 atom stereocenters. The smallest absolute Gasteiger partial charge is 0.462 e. The van der Waals surface area contributed by atoms with E-state index < -0.39 is 97.5 Å². The van der Waals surface area contributed by atoms with E-state index >= 15 is 0 Å². The second kappa shape index (κ2) is 59.8. The number of carbonyl (C=O) groups is 4. The first-order valence-corrected chi connectivity index (χ1v) is 39.3. The van der Waals surface area contributed by atoms with Crippen LogP contribution in [0.2, 0.25) is 0 Å². The molecule has 0 saturated heterocycles. The Bertz CT molecular complexity index is 1770. The van der Waals surface area contributed by atoms with Crippen molar-refractivity contribution >= 4 is 39.5 Å². The number of carbonyl (C=O) groups excluding carboxylic acids is 4. The number of hydrogen-bond donors (Lipinski definition) is 3.